The molecule has 0 radical (unpaired) electrons. The van der Waals surface area contributed by atoms with Crippen LogP contribution in [0.25, 0.3) is 127 Å². The van der Waals surface area contributed by atoms with Crippen LogP contribution in [0.1, 0.15) is 0 Å². The summed E-state index contributed by atoms with van der Waals surface area (Å²) < 4.78 is 13.5. The molecule has 0 fully saturated rings. The van der Waals surface area contributed by atoms with Crippen molar-refractivity contribution in [2.45, 2.75) is 0 Å². The van der Waals surface area contributed by atoms with Gasteiger partial charge in [0.05, 0.1) is 38.7 Å². The molecule has 5 heterocycles. The maximum atomic E-state index is 6.58. The van der Waals surface area contributed by atoms with Gasteiger partial charge in [0, 0.05) is 60.0 Å². The zero-order valence-corrected chi connectivity index (χ0v) is 34.2. The van der Waals surface area contributed by atoms with Gasteiger partial charge in [0.15, 0.2) is 11.6 Å². The summed E-state index contributed by atoms with van der Waals surface area (Å²) in [7, 11) is 0. The molecule has 0 atom stereocenters. The van der Waals surface area contributed by atoms with E-state index in [0.29, 0.717) is 17.6 Å². The van der Waals surface area contributed by atoms with E-state index in [1.54, 1.807) is 0 Å². The van der Waals surface area contributed by atoms with Gasteiger partial charge in [0.2, 0.25) is 5.95 Å². The predicted octanol–water partition coefficient (Wildman–Crippen LogP) is 14.4. The Balaban J connectivity index is 1.03. The molecule has 14 aromatic rings. The van der Waals surface area contributed by atoms with Gasteiger partial charge >= 0.3 is 0 Å². The zero-order chi connectivity index (χ0) is 41.9. The molecule has 0 saturated heterocycles. The van der Waals surface area contributed by atoms with Crippen molar-refractivity contribution in [3.63, 3.8) is 0 Å². The number of fused-ring (bicyclic) bond motifs is 12. The smallest absolute Gasteiger partial charge is 0.238 e. The number of nitrogens with zero attached hydrogens (tertiary/aromatic N) is 6. The Labute approximate surface area is 365 Å². The van der Waals surface area contributed by atoms with Crippen LogP contribution in [0, 0.1) is 0 Å². The Morgan fingerprint density at radius 2 is 0.812 bits per heavy atom. The summed E-state index contributed by atoms with van der Waals surface area (Å²) in [6.07, 6.45) is 0. The van der Waals surface area contributed by atoms with Crippen molar-refractivity contribution in [2.75, 3.05) is 0 Å². The van der Waals surface area contributed by atoms with Crippen LogP contribution in [0.3, 0.4) is 0 Å². The minimum atomic E-state index is 0.531. The molecule has 0 amide bonds. The number of aromatic nitrogens is 6. The van der Waals surface area contributed by atoms with Crippen LogP contribution in [-0.2, 0) is 0 Å². The summed E-state index contributed by atoms with van der Waals surface area (Å²) in [5.74, 6) is 1.62. The molecule has 0 saturated carbocycles. The van der Waals surface area contributed by atoms with Gasteiger partial charge in [-0.1, -0.05) is 133 Å². The molecular formula is C57H34N6O. The highest BCUT2D eigenvalue weighted by Crippen LogP contribution is 2.41. The first kappa shape index (κ1) is 34.9. The van der Waals surface area contributed by atoms with Crippen molar-refractivity contribution in [1.29, 1.82) is 0 Å². The highest BCUT2D eigenvalue weighted by molar-refractivity contribution is 6.19. The molecule has 298 valence electrons. The van der Waals surface area contributed by atoms with Crippen molar-refractivity contribution >= 4 is 87.4 Å². The molecule has 5 aromatic heterocycles. The number of hydrogen-bond donors (Lipinski definition) is 0. The highest BCUT2D eigenvalue weighted by Gasteiger charge is 2.22. The molecule has 64 heavy (non-hydrogen) atoms. The van der Waals surface area contributed by atoms with E-state index in [4.69, 9.17) is 19.4 Å². The second kappa shape index (κ2) is 13.3. The van der Waals surface area contributed by atoms with Crippen molar-refractivity contribution < 1.29 is 4.42 Å². The molecule has 0 spiro atoms. The lowest BCUT2D eigenvalue weighted by Gasteiger charge is -2.13. The molecule has 0 N–H and O–H groups in total. The Hall–Kier alpha value is -8.81. The van der Waals surface area contributed by atoms with Crippen molar-refractivity contribution in [1.82, 2.24) is 28.7 Å². The second-order valence-electron chi connectivity index (χ2n) is 16.4. The summed E-state index contributed by atoms with van der Waals surface area (Å²) in [4.78, 5) is 16.0. The first-order valence-electron chi connectivity index (χ1n) is 21.5. The van der Waals surface area contributed by atoms with Crippen LogP contribution in [0.2, 0.25) is 0 Å². The van der Waals surface area contributed by atoms with Gasteiger partial charge < -0.3 is 13.6 Å². The van der Waals surface area contributed by atoms with Gasteiger partial charge in [-0.2, -0.15) is 9.97 Å². The fraction of sp³-hybridized carbons (Fsp3) is 0. The molecule has 7 nitrogen and oxygen atoms in total. The van der Waals surface area contributed by atoms with E-state index >= 15 is 0 Å². The SMILES string of the molecule is c1ccc(-n2c3ccccc3c3cc4c5ccccc5n(-c5cccc(-c6nc(-c7cccc8c7oc7ccccc78)nc(-n7c8ccccc8c8ccccc87)n6)c5)c4cc32)cc1. The van der Waals surface area contributed by atoms with E-state index in [-0.39, 0.29) is 0 Å². The third-order valence-electron chi connectivity index (χ3n) is 12.9. The van der Waals surface area contributed by atoms with E-state index in [1.165, 1.54) is 27.1 Å². The van der Waals surface area contributed by atoms with E-state index in [2.05, 4.69) is 196 Å². The highest BCUT2D eigenvalue weighted by atomic mass is 16.3. The molecular weight excluding hydrogens is 785 g/mol. The van der Waals surface area contributed by atoms with Crippen LogP contribution >= 0.6 is 0 Å². The van der Waals surface area contributed by atoms with Crippen LogP contribution in [-0.4, -0.2) is 28.7 Å². The average Bonchev–Trinajstić information content (AvgIpc) is 4.10. The van der Waals surface area contributed by atoms with Crippen LogP contribution in [0.4, 0.5) is 0 Å². The van der Waals surface area contributed by atoms with Gasteiger partial charge in [-0.15, -0.1) is 0 Å². The lowest BCUT2D eigenvalue weighted by atomic mass is 10.1. The van der Waals surface area contributed by atoms with Crippen LogP contribution < -0.4 is 0 Å². The summed E-state index contributed by atoms with van der Waals surface area (Å²) in [6.45, 7) is 0. The van der Waals surface area contributed by atoms with Gasteiger partial charge in [-0.25, -0.2) is 4.98 Å². The number of furan rings is 1. The number of benzene rings is 9. The summed E-state index contributed by atoms with van der Waals surface area (Å²) in [5.41, 5.74) is 12.0. The molecule has 7 heteroatoms. The predicted molar refractivity (Wildman–Crippen MR) is 261 cm³/mol. The molecule has 0 aliphatic rings. The quantitative estimate of drug-likeness (QED) is 0.173. The topological polar surface area (TPSA) is 66.6 Å². The van der Waals surface area contributed by atoms with E-state index < -0.39 is 0 Å². The molecule has 0 bridgehead atoms. The van der Waals surface area contributed by atoms with E-state index in [0.717, 1.165) is 82.8 Å². The molecule has 9 aromatic carbocycles. The third kappa shape index (κ3) is 5.00. The molecule has 0 unspecified atom stereocenters. The fourth-order valence-electron chi connectivity index (χ4n) is 10.1. The van der Waals surface area contributed by atoms with E-state index in [1.807, 2.05) is 24.3 Å². The first-order chi connectivity index (χ1) is 31.7. The maximum Gasteiger partial charge on any atom is 0.238 e. The van der Waals surface area contributed by atoms with Gasteiger partial charge in [-0.3, -0.25) is 4.57 Å². The lowest BCUT2D eigenvalue weighted by Crippen LogP contribution is -2.06. The molecule has 0 aliphatic heterocycles. The molecule has 0 aliphatic carbocycles. The maximum absolute atomic E-state index is 6.58. The Kier molecular flexibility index (Phi) is 7.27. The number of hydrogen-bond acceptors (Lipinski definition) is 4. The van der Waals surface area contributed by atoms with Gasteiger partial charge in [0.1, 0.15) is 11.2 Å². The fourth-order valence-corrected chi connectivity index (χ4v) is 10.1. The first-order valence-corrected chi connectivity index (χ1v) is 21.5. The lowest BCUT2D eigenvalue weighted by molar-refractivity contribution is 0.669. The number of para-hydroxylation sites is 7. The monoisotopic (exact) mass is 818 g/mol. The Bertz CT molecular complexity index is 4160. The van der Waals surface area contributed by atoms with Crippen LogP contribution in [0.5, 0.6) is 0 Å². The number of rotatable bonds is 5. The minimum Gasteiger partial charge on any atom is -0.455 e. The third-order valence-corrected chi connectivity index (χ3v) is 12.9. The van der Waals surface area contributed by atoms with Crippen molar-refractivity contribution in [3.8, 4) is 40.1 Å². The molecule has 14 rings (SSSR count). The van der Waals surface area contributed by atoms with E-state index in [9.17, 15) is 0 Å². The summed E-state index contributed by atoms with van der Waals surface area (Å²) in [6, 6.07) is 72.6. The van der Waals surface area contributed by atoms with Gasteiger partial charge in [-0.05, 0) is 72.8 Å². The minimum absolute atomic E-state index is 0.531. The Morgan fingerprint density at radius 3 is 1.48 bits per heavy atom. The zero-order valence-electron chi connectivity index (χ0n) is 34.2. The summed E-state index contributed by atoms with van der Waals surface area (Å²) >= 11 is 0. The second-order valence-corrected chi connectivity index (χ2v) is 16.4. The average molecular weight is 819 g/mol. The normalized spacial score (nSPS) is 12.1. The van der Waals surface area contributed by atoms with Crippen LogP contribution in [0.15, 0.2) is 211 Å². The summed E-state index contributed by atoms with van der Waals surface area (Å²) in [5, 5.41) is 9.17. The Morgan fingerprint density at radius 1 is 0.312 bits per heavy atom. The largest absolute Gasteiger partial charge is 0.455 e. The van der Waals surface area contributed by atoms with Crippen molar-refractivity contribution in [2.24, 2.45) is 0 Å². The van der Waals surface area contributed by atoms with Gasteiger partial charge in [0.25, 0.3) is 0 Å². The standard InChI is InChI=1S/C57H34N6O/c1-2-17-36(18-3-1)61-47-27-9-6-22-40(47)45-33-46-41-23-7-10-28-48(41)62(52(46)34-51(45)61)37-19-14-16-35(32-37)55-58-56(44-26-15-25-43-42-24-8-13-31-53(42)64-54(43)44)60-57(59-55)63-49-29-11-4-20-38(49)39-21-5-12-30-50(39)63/h1-34H. The van der Waals surface area contributed by atoms with Crippen molar-refractivity contribution in [3.05, 3.63) is 206 Å².